The zero-order valence-electron chi connectivity index (χ0n) is 15.9. The second kappa shape index (κ2) is 12.6. The number of nitrogens with zero attached hydrogens (tertiary/aromatic N) is 4. The lowest BCUT2D eigenvalue weighted by Gasteiger charge is -2.26. The van der Waals surface area contributed by atoms with Crippen LogP contribution in [0.1, 0.15) is 20.3 Å². The Balaban J connectivity index is 0.00000338. The summed E-state index contributed by atoms with van der Waals surface area (Å²) in [4.78, 5) is 6.98. The van der Waals surface area contributed by atoms with Crippen molar-refractivity contribution in [3.63, 3.8) is 0 Å². The van der Waals surface area contributed by atoms with Gasteiger partial charge in [0.2, 0.25) is 0 Å². The molecule has 1 unspecified atom stereocenters. The smallest absolute Gasteiger partial charge is 0.191 e. The fourth-order valence-corrected chi connectivity index (χ4v) is 2.49. The molecule has 1 atom stereocenters. The maximum absolute atomic E-state index is 4.72. The molecule has 1 aromatic carbocycles. The third-order valence-electron chi connectivity index (χ3n) is 4.10. The lowest BCUT2D eigenvalue weighted by atomic mass is 10.2. The van der Waals surface area contributed by atoms with Gasteiger partial charge in [-0.2, -0.15) is 5.10 Å². The van der Waals surface area contributed by atoms with Gasteiger partial charge in [-0.3, -0.25) is 9.67 Å². The number of aliphatic imine (C=N–C) groups is 1. The van der Waals surface area contributed by atoms with Gasteiger partial charge in [0.05, 0.1) is 6.54 Å². The van der Waals surface area contributed by atoms with Gasteiger partial charge >= 0.3 is 0 Å². The van der Waals surface area contributed by atoms with E-state index in [9.17, 15) is 0 Å². The summed E-state index contributed by atoms with van der Waals surface area (Å²) in [6.45, 7) is 7.65. The van der Waals surface area contributed by atoms with Crippen LogP contribution in [0.2, 0.25) is 0 Å². The fourth-order valence-electron chi connectivity index (χ4n) is 2.49. The Labute approximate surface area is 174 Å². The molecule has 0 aliphatic carbocycles. The van der Waals surface area contributed by atoms with E-state index in [4.69, 9.17) is 4.99 Å². The molecule has 2 rings (SSSR count). The Hall–Kier alpha value is -1.77. The predicted molar refractivity (Wildman–Crippen MR) is 121 cm³/mol. The van der Waals surface area contributed by atoms with Crippen LogP contribution in [-0.2, 0) is 6.54 Å². The van der Waals surface area contributed by atoms with Crippen LogP contribution in [0.25, 0.3) is 0 Å². The van der Waals surface area contributed by atoms with Crippen molar-refractivity contribution in [1.82, 2.24) is 20.4 Å². The van der Waals surface area contributed by atoms with Gasteiger partial charge in [-0.05, 0) is 38.5 Å². The third kappa shape index (κ3) is 7.63. The number of hydrogen-bond acceptors (Lipinski definition) is 3. The lowest BCUT2D eigenvalue weighted by Crippen LogP contribution is -2.39. The van der Waals surface area contributed by atoms with E-state index in [1.807, 2.05) is 29.2 Å². The Kier molecular flexibility index (Phi) is 10.8. The van der Waals surface area contributed by atoms with E-state index in [0.717, 1.165) is 38.6 Å². The third-order valence-corrected chi connectivity index (χ3v) is 4.10. The molecule has 0 radical (unpaired) electrons. The number of anilines is 1. The summed E-state index contributed by atoms with van der Waals surface area (Å²) < 4.78 is 1.95. The van der Waals surface area contributed by atoms with Gasteiger partial charge in [-0.1, -0.05) is 18.2 Å². The molecule has 26 heavy (non-hydrogen) atoms. The molecule has 6 nitrogen and oxygen atoms in total. The number of likely N-dealkylation sites (N-methyl/N-ethyl adjacent to an activating group) is 1. The van der Waals surface area contributed by atoms with E-state index < -0.39 is 0 Å². The minimum absolute atomic E-state index is 0. The Morgan fingerprint density at radius 2 is 2.00 bits per heavy atom. The van der Waals surface area contributed by atoms with E-state index in [0.29, 0.717) is 6.04 Å². The van der Waals surface area contributed by atoms with Gasteiger partial charge in [0.15, 0.2) is 5.96 Å². The molecule has 0 aliphatic heterocycles. The Bertz CT molecular complexity index is 614. The molecule has 1 heterocycles. The molecule has 2 N–H and O–H groups in total. The standard InChI is InChI=1S/C19H30N6.HI/c1-4-20-19(21-12-8-14-25-15-9-13-23-25)22-16-17(2)24(3)18-10-6-5-7-11-18;/h5-7,9-11,13,15,17H,4,8,12,14,16H2,1-3H3,(H2,20,21,22);1H. The number of para-hydroxylation sites is 1. The highest BCUT2D eigenvalue weighted by molar-refractivity contribution is 14.0. The van der Waals surface area contributed by atoms with Crippen LogP contribution in [0, 0.1) is 0 Å². The van der Waals surface area contributed by atoms with Crippen LogP contribution in [0.15, 0.2) is 53.8 Å². The maximum Gasteiger partial charge on any atom is 0.191 e. The number of halogens is 1. The van der Waals surface area contributed by atoms with Crippen molar-refractivity contribution >= 4 is 35.6 Å². The van der Waals surface area contributed by atoms with Gasteiger partial charge in [-0.15, -0.1) is 24.0 Å². The monoisotopic (exact) mass is 470 g/mol. The number of aryl methyl sites for hydroxylation is 1. The van der Waals surface area contributed by atoms with E-state index >= 15 is 0 Å². The van der Waals surface area contributed by atoms with Crippen LogP contribution in [0.4, 0.5) is 5.69 Å². The van der Waals surface area contributed by atoms with Gasteiger partial charge in [-0.25, -0.2) is 0 Å². The summed E-state index contributed by atoms with van der Waals surface area (Å²) in [6, 6.07) is 12.7. The summed E-state index contributed by atoms with van der Waals surface area (Å²) in [5.74, 6) is 0.872. The maximum atomic E-state index is 4.72. The first kappa shape index (κ1) is 22.3. The van der Waals surface area contributed by atoms with Gasteiger partial charge in [0.1, 0.15) is 0 Å². The zero-order valence-corrected chi connectivity index (χ0v) is 18.3. The first-order valence-corrected chi connectivity index (χ1v) is 8.98. The molecule has 0 saturated heterocycles. The molecule has 0 fully saturated rings. The highest BCUT2D eigenvalue weighted by atomic mass is 127. The lowest BCUT2D eigenvalue weighted by molar-refractivity contribution is 0.570. The molecule has 7 heteroatoms. The molecule has 0 spiro atoms. The molecular formula is C19H31IN6. The van der Waals surface area contributed by atoms with Crippen LogP contribution in [0.3, 0.4) is 0 Å². The normalized spacial score (nSPS) is 12.2. The molecule has 144 valence electrons. The number of nitrogens with one attached hydrogen (secondary N) is 2. The molecule has 1 aromatic heterocycles. The second-order valence-corrected chi connectivity index (χ2v) is 6.06. The van der Waals surface area contributed by atoms with Crippen molar-refractivity contribution in [2.45, 2.75) is 32.9 Å². The van der Waals surface area contributed by atoms with Crippen molar-refractivity contribution in [2.24, 2.45) is 4.99 Å². The second-order valence-electron chi connectivity index (χ2n) is 6.06. The first-order chi connectivity index (χ1) is 12.2. The Morgan fingerprint density at radius 3 is 2.65 bits per heavy atom. The highest BCUT2D eigenvalue weighted by Crippen LogP contribution is 2.13. The van der Waals surface area contributed by atoms with Crippen molar-refractivity contribution < 1.29 is 0 Å². The highest BCUT2D eigenvalue weighted by Gasteiger charge is 2.09. The minimum Gasteiger partial charge on any atom is -0.370 e. The van der Waals surface area contributed by atoms with Gasteiger partial charge < -0.3 is 15.5 Å². The average molecular weight is 470 g/mol. The van der Waals surface area contributed by atoms with E-state index in [-0.39, 0.29) is 24.0 Å². The summed E-state index contributed by atoms with van der Waals surface area (Å²) in [7, 11) is 2.11. The van der Waals surface area contributed by atoms with Crippen LogP contribution in [0.5, 0.6) is 0 Å². The zero-order chi connectivity index (χ0) is 17.9. The molecular weight excluding hydrogens is 439 g/mol. The summed E-state index contributed by atoms with van der Waals surface area (Å²) in [5, 5.41) is 10.9. The first-order valence-electron chi connectivity index (χ1n) is 8.98. The quantitative estimate of drug-likeness (QED) is 0.256. The van der Waals surface area contributed by atoms with Crippen molar-refractivity contribution in [2.75, 3.05) is 31.6 Å². The predicted octanol–water partition coefficient (Wildman–Crippen LogP) is 2.97. The topological polar surface area (TPSA) is 57.5 Å². The largest absolute Gasteiger partial charge is 0.370 e. The summed E-state index contributed by atoms with van der Waals surface area (Å²) in [6.07, 6.45) is 4.80. The van der Waals surface area contributed by atoms with E-state index in [2.05, 4.69) is 65.8 Å². The van der Waals surface area contributed by atoms with Crippen LogP contribution in [-0.4, -0.2) is 48.5 Å². The molecule has 0 saturated carbocycles. The Morgan fingerprint density at radius 1 is 1.23 bits per heavy atom. The van der Waals surface area contributed by atoms with E-state index in [1.54, 1.807) is 0 Å². The van der Waals surface area contributed by atoms with Crippen LogP contribution >= 0.6 is 24.0 Å². The SMILES string of the molecule is CCNC(=NCC(C)N(C)c1ccccc1)NCCCn1cccn1.I. The number of guanidine groups is 1. The number of benzene rings is 1. The summed E-state index contributed by atoms with van der Waals surface area (Å²) in [5.41, 5.74) is 1.21. The van der Waals surface area contributed by atoms with Crippen molar-refractivity contribution in [3.05, 3.63) is 48.8 Å². The number of hydrogen-bond donors (Lipinski definition) is 2. The molecule has 0 aliphatic rings. The number of rotatable bonds is 9. The van der Waals surface area contributed by atoms with Gasteiger partial charge in [0.25, 0.3) is 0 Å². The summed E-state index contributed by atoms with van der Waals surface area (Å²) >= 11 is 0. The number of aromatic nitrogens is 2. The van der Waals surface area contributed by atoms with E-state index in [1.165, 1.54) is 5.69 Å². The molecule has 0 bridgehead atoms. The fraction of sp³-hybridized carbons (Fsp3) is 0.474. The molecule has 0 amide bonds. The minimum atomic E-state index is 0. The van der Waals surface area contributed by atoms with Crippen LogP contribution < -0.4 is 15.5 Å². The van der Waals surface area contributed by atoms with Crippen molar-refractivity contribution in [3.8, 4) is 0 Å². The molecule has 2 aromatic rings. The average Bonchev–Trinajstić information content (AvgIpc) is 3.16. The van der Waals surface area contributed by atoms with Crippen molar-refractivity contribution in [1.29, 1.82) is 0 Å². The van der Waals surface area contributed by atoms with Gasteiger partial charge in [0, 0.05) is 50.8 Å².